The molecule has 0 amide bonds. The van der Waals surface area contributed by atoms with Crippen molar-refractivity contribution in [2.24, 2.45) is 0 Å². The number of pyridine rings is 2. The van der Waals surface area contributed by atoms with Crippen LogP contribution in [-0.4, -0.2) is 44.1 Å². The van der Waals surface area contributed by atoms with Crippen molar-refractivity contribution in [1.82, 2.24) is 29.9 Å². The lowest BCUT2D eigenvalue weighted by molar-refractivity contribution is 0.414. The van der Waals surface area contributed by atoms with Gasteiger partial charge in [0.2, 0.25) is 0 Å². The number of aromatic nitrogens is 6. The summed E-state index contributed by atoms with van der Waals surface area (Å²) in [6, 6.07) is 55.1. The van der Waals surface area contributed by atoms with Crippen LogP contribution in [0.25, 0.3) is 68.2 Å². The summed E-state index contributed by atoms with van der Waals surface area (Å²) in [6.45, 7) is 0. The first kappa shape index (κ1) is 37.7. The molecule has 0 unspecified atom stereocenters. The van der Waals surface area contributed by atoms with Crippen LogP contribution in [-0.2, 0) is 0 Å². The van der Waals surface area contributed by atoms with Crippen LogP contribution in [0.2, 0.25) is 0 Å². The van der Waals surface area contributed by atoms with E-state index in [1.165, 1.54) is 0 Å². The zero-order valence-electron chi connectivity index (χ0n) is 35.9. The van der Waals surface area contributed by atoms with Gasteiger partial charge in [-0.15, -0.1) is 0 Å². The lowest BCUT2D eigenvalue weighted by Gasteiger charge is -2.03. The summed E-state index contributed by atoms with van der Waals surface area (Å²) in [5.41, 5.74) is 8.69. The fourth-order valence-electron chi connectivity index (χ4n) is 9.59. The molecule has 0 aliphatic carbocycles. The Bertz CT molecular complexity index is 4300. The smallest absolute Gasteiger partial charge is 0.119 e. The van der Waals surface area contributed by atoms with E-state index in [4.69, 9.17) is 29.4 Å². The summed E-state index contributed by atoms with van der Waals surface area (Å²) in [5.74, 6) is 1.49. The molecule has 0 fully saturated rings. The van der Waals surface area contributed by atoms with Crippen LogP contribution in [0.15, 0.2) is 158 Å². The van der Waals surface area contributed by atoms with Crippen molar-refractivity contribution in [3.05, 3.63) is 243 Å². The number of nitrogens with zero attached hydrogens (tertiary/aromatic N) is 4. The Kier molecular flexibility index (Phi) is 8.48. The van der Waals surface area contributed by atoms with Crippen LogP contribution >= 0.6 is 0 Å². The lowest BCUT2D eigenvalue weighted by atomic mass is 10.1. The molecule has 312 valence electrons. The van der Waals surface area contributed by atoms with Crippen molar-refractivity contribution in [3.8, 4) is 11.5 Å². The van der Waals surface area contributed by atoms with Crippen molar-refractivity contribution in [1.29, 1.82) is 0 Å². The molecular formula is C58H38N6O2. The molecule has 10 aromatic rings. The lowest BCUT2D eigenvalue weighted by Crippen LogP contribution is -1.90. The van der Waals surface area contributed by atoms with Crippen molar-refractivity contribution >= 4 is 68.2 Å². The summed E-state index contributed by atoms with van der Waals surface area (Å²) in [5, 5.41) is 13.9. The maximum Gasteiger partial charge on any atom is 0.119 e. The van der Waals surface area contributed by atoms with Crippen LogP contribution < -0.4 is 9.47 Å². The van der Waals surface area contributed by atoms with Crippen LogP contribution in [0.1, 0.15) is 22.8 Å². The quantitative estimate of drug-likeness (QED) is 0.168. The van der Waals surface area contributed by atoms with E-state index in [0.29, 0.717) is 0 Å². The number of methoxy groups -OCH3 is 2. The molecule has 66 heavy (non-hydrogen) atoms. The van der Waals surface area contributed by atoms with E-state index < -0.39 is 0 Å². The first-order chi connectivity index (χ1) is 32.5. The monoisotopic (exact) mass is 850 g/mol. The molecular weight excluding hydrogens is 813 g/mol. The number of aromatic amines is 2. The molecule has 0 saturated heterocycles. The van der Waals surface area contributed by atoms with E-state index in [2.05, 4.69) is 180 Å². The highest BCUT2D eigenvalue weighted by Gasteiger charge is 2.10. The highest BCUT2D eigenvalue weighted by Crippen LogP contribution is 2.26. The third-order valence-corrected chi connectivity index (χ3v) is 12.9. The molecule has 5 aromatic carbocycles. The molecule has 5 aromatic heterocycles. The van der Waals surface area contributed by atoms with Crippen molar-refractivity contribution < 1.29 is 9.47 Å². The first-order valence-electron chi connectivity index (χ1n) is 21.9. The highest BCUT2D eigenvalue weighted by molar-refractivity contribution is 6.02. The molecule has 6 aliphatic rings. The Labute approximate surface area is 375 Å². The Balaban J connectivity index is 1.31. The third-order valence-electron chi connectivity index (χ3n) is 12.9. The largest absolute Gasteiger partial charge is 0.497 e. The minimum absolute atomic E-state index is 0.747. The van der Waals surface area contributed by atoms with Crippen LogP contribution in [0, 0.1) is 62.9 Å². The second-order valence-corrected chi connectivity index (χ2v) is 16.8. The van der Waals surface area contributed by atoms with E-state index in [0.717, 1.165) is 141 Å². The van der Waals surface area contributed by atoms with E-state index in [-0.39, 0.29) is 0 Å². The van der Waals surface area contributed by atoms with Gasteiger partial charge in [0.15, 0.2) is 0 Å². The molecule has 8 heteroatoms. The van der Waals surface area contributed by atoms with Crippen LogP contribution in [0.5, 0.6) is 11.5 Å². The van der Waals surface area contributed by atoms with Crippen molar-refractivity contribution in [2.45, 2.75) is 0 Å². The molecule has 18 bridgehead atoms. The van der Waals surface area contributed by atoms with Gasteiger partial charge in [0.05, 0.1) is 58.7 Å². The number of ether oxygens (including phenoxy) is 2. The van der Waals surface area contributed by atoms with Crippen LogP contribution in [0.4, 0.5) is 0 Å². The maximum atomic E-state index is 5.88. The topological polar surface area (TPSA) is 102 Å². The molecule has 0 radical (unpaired) electrons. The summed E-state index contributed by atoms with van der Waals surface area (Å²) in [6.07, 6.45) is 8.33. The molecule has 0 atom stereocenters. The summed E-state index contributed by atoms with van der Waals surface area (Å²) < 4.78 is 11.8. The molecule has 6 aliphatic heterocycles. The van der Waals surface area contributed by atoms with Gasteiger partial charge in [-0.2, -0.15) is 0 Å². The molecule has 0 saturated carbocycles. The zero-order chi connectivity index (χ0) is 43.9. The molecule has 0 spiro atoms. The Morgan fingerprint density at radius 2 is 0.788 bits per heavy atom. The van der Waals surface area contributed by atoms with Crippen molar-refractivity contribution in [2.75, 3.05) is 14.2 Å². The van der Waals surface area contributed by atoms with E-state index >= 15 is 0 Å². The highest BCUT2D eigenvalue weighted by atomic mass is 16.5. The van der Waals surface area contributed by atoms with Gasteiger partial charge in [0, 0.05) is 53.7 Å². The van der Waals surface area contributed by atoms with Gasteiger partial charge in [-0.05, 0) is 128 Å². The molecule has 2 N–H and O–H groups in total. The number of fused-ring (bicyclic) bond motifs is 2. The minimum atomic E-state index is 0.747. The second-order valence-electron chi connectivity index (χ2n) is 16.8. The number of H-pyrrole nitrogens is 2. The summed E-state index contributed by atoms with van der Waals surface area (Å²) in [7, 11) is 3.41. The number of nitrogens with one attached hydrogen (secondary N) is 2. The third kappa shape index (κ3) is 6.30. The SMILES string of the molecule is COc1ccc2c(c1)=c1c3nc(cc4ccc([nH]4)c(c4nc(cc5ccc1[nH]5)C=C4)=c1cc(OC)ccc1=c1ccc(cc1)=c1ccc4ccc5ccc(nc5c4n1)=c1ccc=2cc1)C=C3. The molecule has 16 rings (SSSR count). The summed E-state index contributed by atoms with van der Waals surface area (Å²) in [4.78, 5) is 28.6. The second kappa shape index (κ2) is 14.9. The van der Waals surface area contributed by atoms with E-state index in [1.54, 1.807) is 14.2 Å². The predicted molar refractivity (Wildman–Crippen MR) is 261 cm³/mol. The van der Waals surface area contributed by atoms with Gasteiger partial charge in [-0.3, -0.25) is 0 Å². The van der Waals surface area contributed by atoms with Gasteiger partial charge in [0.25, 0.3) is 0 Å². The Hall–Kier alpha value is -8.88. The van der Waals surface area contributed by atoms with Crippen molar-refractivity contribution in [3.63, 3.8) is 0 Å². The Morgan fingerprint density at radius 1 is 0.364 bits per heavy atom. The first-order valence-corrected chi connectivity index (χ1v) is 21.9. The van der Waals surface area contributed by atoms with E-state index in [9.17, 15) is 0 Å². The van der Waals surface area contributed by atoms with Gasteiger partial charge in [-0.1, -0.05) is 84.9 Å². The molecule has 11 heterocycles. The van der Waals surface area contributed by atoms with Gasteiger partial charge in [0.1, 0.15) is 11.5 Å². The number of hydrogen-bond acceptors (Lipinski definition) is 6. The molecule has 8 nitrogen and oxygen atoms in total. The number of rotatable bonds is 2. The van der Waals surface area contributed by atoms with E-state index in [1.807, 2.05) is 12.1 Å². The fourth-order valence-corrected chi connectivity index (χ4v) is 9.59. The number of hydrogen-bond donors (Lipinski definition) is 2. The van der Waals surface area contributed by atoms with Gasteiger partial charge >= 0.3 is 0 Å². The summed E-state index contributed by atoms with van der Waals surface area (Å²) >= 11 is 0. The number of benzene rings is 5. The van der Waals surface area contributed by atoms with Gasteiger partial charge in [-0.25, -0.2) is 19.9 Å². The zero-order valence-corrected chi connectivity index (χ0v) is 35.9. The predicted octanol–water partition coefficient (Wildman–Crippen LogP) is 11.8. The minimum Gasteiger partial charge on any atom is -0.497 e. The average molecular weight is 851 g/mol. The normalized spacial score (nSPS) is 12.3. The Morgan fingerprint density at radius 3 is 1.23 bits per heavy atom. The van der Waals surface area contributed by atoms with Crippen LogP contribution in [0.3, 0.4) is 0 Å². The van der Waals surface area contributed by atoms with Gasteiger partial charge < -0.3 is 19.4 Å². The standard InChI is InChI=1S/C58H38N6O2/c1-65-43-19-21-45-33-3-7-35(8-4-33)49-23-13-37-11-12-38-14-24-50(64-58(38)57(37)63-49)36-9-5-34(6-10-36)46-22-20-44(66-2)32-48(46)56-53-27-17-41(61-53)29-39-15-25-51(59-39)55(47(45)31-43)52-26-16-40(60-52)30-42-18-28-54(56)62-42/h3-32,59,62H,1-2H3. The fraction of sp³-hybridized carbons (Fsp3) is 0.0345. The average Bonchev–Trinajstić information content (AvgIpc) is 4.22. The maximum absolute atomic E-state index is 5.88.